The molecule has 8 aromatic rings. The van der Waals surface area contributed by atoms with Gasteiger partial charge in [0.1, 0.15) is 22.5 Å². The molecule has 12 nitrogen and oxygen atoms in total. The Balaban J connectivity index is 0.000000159. The van der Waals surface area contributed by atoms with Gasteiger partial charge in [-0.05, 0) is 49.2 Å². The molecule has 1 N–H and O–H groups in total. The van der Waals surface area contributed by atoms with E-state index < -0.39 is 0 Å². The summed E-state index contributed by atoms with van der Waals surface area (Å²) in [7, 11) is 5.35. The molecular weight excluding hydrogens is 887 g/mol. The number of hydrogen-bond acceptors (Lipinski definition) is 10. The first-order valence-electron chi connectivity index (χ1n) is 15.3. The van der Waals surface area contributed by atoms with Crippen LogP contribution in [0.3, 0.4) is 0 Å². The van der Waals surface area contributed by atoms with Crippen molar-refractivity contribution < 1.29 is 9.84 Å². The zero-order valence-electron chi connectivity index (χ0n) is 28.0. The molecule has 0 saturated heterocycles. The molecule has 0 aliphatic carbocycles. The van der Waals surface area contributed by atoms with Crippen LogP contribution in [0.1, 0.15) is 21.1 Å². The number of benzene rings is 2. The van der Waals surface area contributed by atoms with Crippen molar-refractivity contribution in [3.8, 4) is 11.5 Å². The van der Waals surface area contributed by atoms with Gasteiger partial charge in [0.2, 0.25) is 0 Å². The van der Waals surface area contributed by atoms with Crippen LogP contribution in [0.15, 0.2) is 70.5 Å². The predicted octanol–water partition coefficient (Wildman–Crippen LogP) is 7.27. The molecule has 0 aliphatic heterocycles. The van der Waals surface area contributed by atoms with Crippen LogP contribution < -0.4 is 15.9 Å². The van der Waals surface area contributed by atoms with Crippen molar-refractivity contribution in [3.63, 3.8) is 0 Å². The van der Waals surface area contributed by atoms with Gasteiger partial charge < -0.3 is 19.0 Å². The summed E-state index contributed by atoms with van der Waals surface area (Å²) >= 11 is 12.5. The fraction of sp³-hybridized carbons (Fsp3) is 0.212. The maximum absolute atomic E-state index is 12.9. The molecule has 2 aromatic carbocycles. The second kappa shape index (κ2) is 15.4. The minimum absolute atomic E-state index is 0.110. The molecule has 0 amide bonds. The van der Waals surface area contributed by atoms with E-state index in [1.807, 2.05) is 67.4 Å². The van der Waals surface area contributed by atoms with Crippen molar-refractivity contribution in [2.75, 3.05) is 7.11 Å². The molecule has 6 heterocycles. The van der Waals surface area contributed by atoms with E-state index in [0.29, 0.717) is 24.1 Å². The topological polar surface area (TPSA) is 135 Å². The number of fused-ring (bicyclic) bond motifs is 6. The van der Waals surface area contributed by atoms with Gasteiger partial charge in [-0.1, -0.05) is 24.3 Å². The monoisotopic (exact) mass is 914 g/mol. The van der Waals surface area contributed by atoms with Crippen molar-refractivity contribution in [2.45, 2.75) is 26.9 Å². The smallest absolute Gasteiger partial charge is 0.369 e. The van der Waals surface area contributed by atoms with Gasteiger partial charge in [0, 0.05) is 24.9 Å². The molecule has 0 bridgehead atoms. The maximum Gasteiger partial charge on any atom is 0.369 e. The quantitative estimate of drug-likeness (QED) is 0.178. The van der Waals surface area contributed by atoms with E-state index in [4.69, 9.17) is 4.74 Å². The Morgan fingerprint density at radius 2 is 1.22 bits per heavy atom. The first-order valence-corrected chi connectivity index (χ1v) is 19.7. The molecule has 0 unspecified atom stereocenters. The summed E-state index contributed by atoms with van der Waals surface area (Å²) < 4.78 is 14.1. The molecular formula is C33H30BBr3N8O4S2. The average Bonchev–Trinajstić information content (AvgIpc) is 3.80. The van der Waals surface area contributed by atoms with E-state index in [1.165, 1.54) is 9.36 Å². The minimum atomic E-state index is -0.156. The van der Waals surface area contributed by atoms with Crippen LogP contribution >= 0.6 is 69.9 Å². The Labute approximate surface area is 324 Å². The zero-order chi connectivity index (χ0) is 36.6. The highest BCUT2D eigenvalue weighted by atomic mass is 79.9. The van der Waals surface area contributed by atoms with Gasteiger partial charge in [-0.25, -0.2) is 19.3 Å². The number of aryl methyl sites for hydroxylation is 4. The standard InChI is InChI=1S/C17H16N4O2S.C16H14N4O2S.BBr3/c1-10-19-16-15(24-10)13-8-18-21(17(22)14(13)20(16)2)9-11-5-4-6-12(7-11)23-3;1-9-18-15-14(23-9)12-7-17-20(16(22)13(12)19(15)2)8-10-4-3-5-11(21)6-10;2-1(3)4/h4-8H,9H2,1-3H3;3-7,21H,8H2,1-2H3;. The number of phenols is 1. The van der Waals surface area contributed by atoms with Gasteiger partial charge in [-0.15, -0.1) is 69.9 Å². The van der Waals surface area contributed by atoms with E-state index in [1.54, 1.807) is 60.4 Å². The molecule has 0 fully saturated rings. The van der Waals surface area contributed by atoms with Crippen molar-refractivity contribution in [1.82, 2.24) is 38.7 Å². The fourth-order valence-electron chi connectivity index (χ4n) is 5.78. The number of hydrogen-bond donors (Lipinski definition) is 1. The van der Waals surface area contributed by atoms with Crippen LogP contribution in [0, 0.1) is 13.8 Å². The summed E-state index contributed by atoms with van der Waals surface area (Å²) in [6.45, 7) is 4.63. The summed E-state index contributed by atoms with van der Waals surface area (Å²) in [6.07, 6.45) is 3.48. The van der Waals surface area contributed by atoms with Crippen molar-refractivity contribution in [2.24, 2.45) is 14.1 Å². The van der Waals surface area contributed by atoms with Crippen LogP contribution in [0.4, 0.5) is 0 Å². The molecule has 262 valence electrons. The number of phenolic OH excluding ortho intramolecular Hbond substituents is 1. The largest absolute Gasteiger partial charge is 0.508 e. The zero-order valence-corrected chi connectivity index (χ0v) is 34.4. The van der Waals surface area contributed by atoms with Gasteiger partial charge in [0.05, 0.1) is 52.0 Å². The lowest BCUT2D eigenvalue weighted by Gasteiger charge is -2.07. The normalized spacial score (nSPS) is 11.1. The van der Waals surface area contributed by atoms with Crippen LogP contribution in [-0.2, 0) is 27.2 Å². The summed E-state index contributed by atoms with van der Waals surface area (Å²) in [5.74, 6) is 0.941. The lowest BCUT2D eigenvalue weighted by atomic mass is 10.2. The van der Waals surface area contributed by atoms with Gasteiger partial charge in [-0.3, -0.25) is 9.59 Å². The van der Waals surface area contributed by atoms with E-state index in [-0.39, 0.29) is 20.1 Å². The third-order valence-electron chi connectivity index (χ3n) is 7.97. The van der Waals surface area contributed by atoms with Crippen molar-refractivity contribution >= 4 is 116 Å². The highest BCUT2D eigenvalue weighted by Crippen LogP contribution is 2.31. The van der Waals surface area contributed by atoms with E-state index >= 15 is 0 Å². The minimum Gasteiger partial charge on any atom is -0.508 e. The third-order valence-corrected chi connectivity index (χ3v) is 9.96. The predicted molar refractivity (Wildman–Crippen MR) is 218 cm³/mol. The number of aromatic nitrogens is 8. The summed E-state index contributed by atoms with van der Waals surface area (Å²) in [5.41, 5.74) is 4.42. The summed E-state index contributed by atoms with van der Waals surface area (Å²) in [4.78, 5) is 34.7. The molecule has 0 saturated carbocycles. The lowest BCUT2D eigenvalue weighted by molar-refractivity contribution is 0.414. The number of ether oxygens (including phenoxy) is 1. The molecule has 0 aliphatic rings. The molecule has 6 aromatic heterocycles. The van der Waals surface area contributed by atoms with Gasteiger partial charge in [0.15, 0.2) is 11.3 Å². The molecule has 0 atom stereocenters. The first kappa shape index (κ1) is 36.9. The molecule has 51 heavy (non-hydrogen) atoms. The molecule has 18 heteroatoms. The molecule has 8 rings (SSSR count). The van der Waals surface area contributed by atoms with Gasteiger partial charge in [0.25, 0.3) is 11.1 Å². The van der Waals surface area contributed by atoms with Crippen molar-refractivity contribution in [3.05, 3.63) is 103 Å². The SMILES string of the molecule is BrB(Br)Br.COc1cccc(Cn2ncc3c4sc(C)nc4n(C)c3c2=O)c1.Cc1nc2c(s1)c1cnn(Cc3cccc(O)c3)c(=O)c1n2C. The average molecular weight is 917 g/mol. The number of methoxy groups -OCH3 is 1. The third kappa shape index (κ3) is 7.70. The molecule has 0 radical (unpaired) electrons. The highest BCUT2D eigenvalue weighted by molar-refractivity contribution is 9.69. The first-order chi connectivity index (χ1) is 24.4. The Kier molecular flexibility index (Phi) is 11.2. The number of aromatic hydroxyl groups is 1. The Morgan fingerprint density at radius 1 is 0.765 bits per heavy atom. The Hall–Kier alpha value is -3.84. The van der Waals surface area contributed by atoms with Gasteiger partial charge in [-0.2, -0.15) is 10.2 Å². The van der Waals surface area contributed by atoms with Crippen LogP contribution in [0.25, 0.3) is 42.5 Å². The highest BCUT2D eigenvalue weighted by Gasteiger charge is 2.18. The van der Waals surface area contributed by atoms with Crippen LogP contribution in [0.2, 0.25) is 0 Å². The van der Waals surface area contributed by atoms with Crippen LogP contribution in [0.5, 0.6) is 11.5 Å². The number of thiazole rings is 2. The molecule has 0 spiro atoms. The van der Waals surface area contributed by atoms with Crippen molar-refractivity contribution in [1.29, 1.82) is 0 Å². The van der Waals surface area contributed by atoms with Crippen LogP contribution in [-0.4, -0.2) is 54.1 Å². The summed E-state index contributed by atoms with van der Waals surface area (Å²) in [6, 6.07) is 14.5. The number of rotatable bonds is 5. The number of nitrogens with zero attached hydrogens (tertiary/aromatic N) is 8. The summed E-state index contributed by atoms with van der Waals surface area (Å²) in [5, 5.41) is 21.9. The second-order valence-corrected chi connectivity index (χ2v) is 20.2. The van der Waals surface area contributed by atoms with E-state index in [2.05, 4.69) is 67.4 Å². The number of halogens is 3. The Bertz CT molecular complexity index is 2660. The van der Waals surface area contributed by atoms with Gasteiger partial charge >= 0.3 is 3.18 Å². The van der Waals surface area contributed by atoms with E-state index in [9.17, 15) is 14.7 Å². The lowest BCUT2D eigenvalue weighted by Crippen LogP contribution is -2.24. The Morgan fingerprint density at radius 3 is 1.67 bits per heavy atom. The maximum atomic E-state index is 12.9. The van der Waals surface area contributed by atoms with E-state index in [0.717, 1.165) is 58.4 Å². The fourth-order valence-corrected chi connectivity index (χ4v) is 7.71. The second-order valence-electron chi connectivity index (χ2n) is 11.4.